The largest absolute Gasteiger partial charge is 0.454 e. The Morgan fingerprint density at radius 1 is 1.42 bits per heavy atom. The summed E-state index contributed by atoms with van der Waals surface area (Å²) in [6.07, 6.45) is -0.512. The van der Waals surface area contributed by atoms with Gasteiger partial charge in [0, 0.05) is 5.56 Å². The summed E-state index contributed by atoms with van der Waals surface area (Å²) in [4.78, 5) is 0. The van der Waals surface area contributed by atoms with Gasteiger partial charge in [0.05, 0.1) is 6.10 Å². The zero-order valence-corrected chi connectivity index (χ0v) is 6.78. The Morgan fingerprint density at radius 3 is 3.00 bits per heavy atom. The third kappa shape index (κ3) is 1.02. The summed E-state index contributed by atoms with van der Waals surface area (Å²) >= 11 is 0. The van der Waals surface area contributed by atoms with Gasteiger partial charge >= 0.3 is 0 Å². The number of ether oxygens (including phenoxy) is 2. The molecule has 1 atom stereocenters. The van der Waals surface area contributed by atoms with Crippen molar-refractivity contribution in [2.75, 3.05) is 6.79 Å². The first-order valence-electron chi connectivity index (χ1n) is 3.85. The van der Waals surface area contributed by atoms with Crippen molar-refractivity contribution in [2.24, 2.45) is 0 Å². The predicted molar refractivity (Wildman–Crippen MR) is 43.2 cm³/mol. The van der Waals surface area contributed by atoms with Gasteiger partial charge in [-0.25, -0.2) is 0 Å². The van der Waals surface area contributed by atoms with Crippen LogP contribution in [0.1, 0.15) is 18.6 Å². The van der Waals surface area contributed by atoms with Gasteiger partial charge in [-0.2, -0.15) is 0 Å². The summed E-state index contributed by atoms with van der Waals surface area (Å²) in [6, 6.07) is 5.50. The van der Waals surface area contributed by atoms with Crippen molar-refractivity contribution in [2.45, 2.75) is 13.0 Å². The van der Waals surface area contributed by atoms with Gasteiger partial charge in [-0.1, -0.05) is 12.1 Å². The Morgan fingerprint density at radius 2 is 2.25 bits per heavy atom. The highest BCUT2D eigenvalue weighted by atomic mass is 16.7. The molecule has 3 nitrogen and oxygen atoms in total. The van der Waals surface area contributed by atoms with E-state index in [1.165, 1.54) is 0 Å². The van der Waals surface area contributed by atoms with Crippen molar-refractivity contribution in [1.82, 2.24) is 0 Å². The van der Waals surface area contributed by atoms with Crippen molar-refractivity contribution < 1.29 is 14.6 Å². The molecule has 0 amide bonds. The van der Waals surface area contributed by atoms with Gasteiger partial charge in [0.1, 0.15) is 0 Å². The molecule has 1 aromatic rings. The van der Waals surface area contributed by atoms with Gasteiger partial charge in [-0.05, 0) is 13.0 Å². The SMILES string of the molecule is C[C@@H](O)c1cccc2c1OCO2. The van der Waals surface area contributed by atoms with Crippen molar-refractivity contribution >= 4 is 0 Å². The van der Waals surface area contributed by atoms with Crippen molar-refractivity contribution in [3.8, 4) is 11.5 Å². The summed E-state index contributed by atoms with van der Waals surface area (Å²) in [5.41, 5.74) is 0.782. The maximum atomic E-state index is 9.35. The van der Waals surface area contributed by atoms with E-state index >= 15 is 0 Å². The smallest absolute Gasteiger partial charge is 0.231 e. The number of benzene rings is 1. The Hall–Kier alpha value is -1.22. The van der Waals surface area contributed by atoms with Crippen LogP contribution >= 0.6 is 0 Å². The van der Waals surface area contributed by atoms with E-state index in [4.69, 9.17) is 9.47 Å². The highest BCUT2D eigenvalue weighted by Gasteiger charge is 2.19. The number of aliphatic hydroxyl groups excluding tert-OH is 1. The van der Waals surface area contributed by atoms with Gasteiger partial charge in [0.15, 0.2) is 11.5 Å². The molecule has 0 aromatic heterocycles. The highest BCUT2D eigenvalue weighted by Crippen LogP contribution is 2.37. The maximum Gasteiger partial charge on any atom is 0.231 e. The molecule has 0 aliphatic carbocycles. The molecular weight excluding hydrogens is 156 g/mol. The molecule has 0 fully saturated rings. The van der Waals surface area contributed by atoms with Crippen LogP contribution in [0.3, 0.4) is 0 Å². The fourth-order valence-corrected chi connectivity index (χ4v) is 1.28. The molecular formula is C9H10O3. The van der Waals surface area contributed by atoms with E-state index in [0.717, 1.165) is 5.56 Å². The summed E-state index contributed by atoms with van der Waals surface area (Å²) in [5, 5.41) is 9.35. The van der Waals surface area contributed by atoms with E-state index < -0.39 is 6.10 Å². The summed E-state index contributed by atoms with van der Waals surface area (Å²) in [7, 11) is 0. The van der Waals surface area contributed by atoms with Crippen LogP contribution in [0.4, 0.5) is 0 Å². The molecule has 2 rings (SSSR count). The van der Waals surface area contributed by atoms with Gasteiger partial charge < -0.3 is 14.6 Å². The minimum absolute atomic E-state index is 0.249. The Kier molecular flexibility index (Phi) is 1.66. The molecule has 1 aliphatic rings. The molecule has 64 valence electrons. The Balaban J connectivity index is 2.49. The van der Waals surface area contributed by atoms with E-state index in [1.807, 2.05) is 18.2 Å². The monoisotopic (exact) mass is 166 g/mol. The van der Waals surface area contributed by atoms with Crippen LogP contribution in [-0.2, 0) is 0 Å². The number of hydrogen-bond donors (Lipinski definition) is 1. The normalized spacial score (nSPS) is 16.2. The highest BCUT2D eigenvalue weighted by molar-refractivity contribution is 5.48. The molecule has 1 N–H and O–H groups in total. The lowest BCUT2D eigenvalue weighted by molar-refractivity contribution is 0.164. The fourth-order valence-electron chi connectivity index (χ4n) is 1.28. The molecule has 1 aromatic carbocycles. The number of rotatable bonds is 1. The van der Waals surface area contributed by atoms with Crippen LogP contribution in [0.25, 0.3) is 0 Å². The van der Waals surface area contributed by atoms with Gasteiger partial charge in [-0.3, -0.25) is 0 Å². The van der Waals surface area contributed by atoms with E-state index in [1.54, 1.807) is 6.92 Å². The zero-order valence-electron chi connectivity index (χ0n) is 6.78. The van der Waals surface area contributed by atoms with E-state index in [2.05, 4.69) is 0 Å². The first-order valence-corrected chi connectivity index (χ1v) is 3.85. The second-order valence-electron chi connectivity index (χ2n) is 2.76. The molecule has 0 saturated heterocycles. The van der Waals surface area contributed by atoms with Crippen LogP contribution in [0.2, 0.25) is 0 Å². The summed E-state index contributed by atoms with van der Waals surface area (Å²) in [6.45, 7) is 1.95. The lowest BCUT2D eigenvalue weighted by atomic mass is 10.1. The molecule has 1 aliphatic heterocycles. The van der Waals surface area contributed by atoms with Crippen molar-refractivity contribution in [1.29, 1.82) is 0 Å². The molecule has 12 heavy (non-hydrogen) atoms. The molecule has 0 bridgehead atoms. The second kappa shape index (κ2) is 2.68. The third-order valence-electron chi connectivity index (χ3n) is 1.88. The molecule has 1 heterocycles. The van der Waals surface area contributed by atoms with Crippen LogP contribution in [0, 0.1) is 0 Å². The number of para-hydroxylation sites is 1. The van der Waals surface area contributed by atoms with Crippen molar-refractivity contribution in [3.63, 3.8) is 0 Å². The third-order valence-corrected chi connectivity index (χ3v) is 1.88. The first-order chi connectivity index (χ1) is 5.79. The lowest BCUT2D eigenvalue weighted by Gasteiger charge is -2.07. The average Bonchev–Trinajstić information content (AvgIpc) is 2.49. The van der Waals surface area contributed by atoms with Crippen molar-refractivity contribution in [3.05, 3.63) is 23.8 Å². The second-order valence-corrected chi connectivity index (χ2v) is 2.76. The molecule has 0 unspecified atom stereocenters. The van der Waals surface area contributed by atoms with Gasteiger partial charge in [-0.15, -0.1) is 0 Å². The Labute approximate surface area is 70.5 Å². The van der Waals surface area contributed by atoms with Gasteiger partial charge in [0.25, 0.3) is 0 Å². The Bertz CT molecular complexity index is 294. The molecule has 0 radical (unpaired) electrons. The summed E-state index contributed by atoms with van der Waals surface area (Å²) < 4.78 is 10.4. The number of aliphatic hydroxyl groups is 1. The van der Waals surface area contributed by atoms with Gasteiger partial charge in [0.2, 0.25) is 6.79 Å². The number of fused-ring (bicyclic) bond motifs is 1. The van der Waals surface area contributed by atoms with Crippen LogP contribution in [0.5, 0.6) is 11.5 Å². The lowest BCUT2D eigenvalue weighted by Crippen LogP contribution is -1.96. The van der Waals surface area contributed by atoms with Crippen LogP contribution in [0.15, 0.2) is 18.2 Å². The fraction of sp³-hybridized carbons (Fsp3) is 0.333. The van der Waals surface area contributed by atoms with E-state index in [9.17, 15) is 5.11 Å². The first kappa shape index (κ1) is 7.43. The van der Waals surface area contributed by atoms with E-state index in [-0.39, 0.29) is 6.79 Å². The molecule has 0 spiro atoms. The minimum Gasteiger partial charge on any atom is -0.454 e. The summed E-state index contributed by atoms with van der Waals surface area (Å²) in [5.74, 6) is 1.39. The molecule has 0 saturated carbocycles. The van der Waals surface area contributed by atoms with Crippen LogP contribution < -0.4 is 9.47 Å². The molecule has 3 heteroatoms. The average molecular weight is 166 g/mol. The quantitative estimate of drug-likeness (QED) is 0.686. The topological polar surface area (TPSA) is 38.7 Å². The number of hydrogen-bond acceptors (Lipinski definition) is 3. The van der Waals surface area contributed by atoms with E-state index in [0.29, 0.717) is 11.5 Å². The standard InChI is InChI=1S/C9H10O3/c1-6(10)7-3-2-4-8-9(7)12-5-11-8/h2-4,6,10H,5H2,1H3/t6-/m1/s1. The minimum atomic E-state index is -0.512. The maximum absolute atomic E-state index is 9.35. The predicted octanol–water partition coefficient (Wildman–Crippen LogP) is 1.47. The van der Waals surface area contributed by atoms with Crippen LogP contribution in [-0.4, -0.2) is 11.9 Å². The zero-order chi connectivity index (χ0) is 8.55.